The smallest absolute Gasteiger partial charge is 0.261 e. The maximum atomic E-state index is 14.4. The van der Waals surface area contributed by atoms with Crippen molar-refractivity contribution in [2.75, 3.05) is 10.0 Å². The van der Waals surface area contributed by atoms with E-state index in [2.05, 4.69) is 10.0 Å². The van der Waals surface area contributed by atoms with Crippen LogP contribution >= 0.6 is 34.8 Å². The first kappa shape index (κ1) is 21.4. The first-order valence-corrected chi connectivity index (χ1v) is 10.6. The molecule has 0 heterocycles. The Bertz CT molecular complexity index is 1180. The van der Waals surface area contributed by atoms with Gasteiger partial charge in [0.1, 0.15) is 5.82 Å². The lowest BCUT2D eigenvalue weighted by molar-refractivity contribution is 0.102. The maximum absolute atomic E-state index is 14.4. The molecule has 0 aliphatic carbocycles. The third-order valence-electron chi connectivity index (χ3n) is 3.73. The number of benzene rings is 3. The molecule has 0 unspecified atom stereocenters. The molecule has 0 spiro atoms. The fraction of sp³-hybridized carbons (Fsp3) is 0. The van der Waals surface area contributed by atoms with Crippen LogP contribution in [0, 0.1) is 5.82 Å². The molecule has 5 nitrogen and oxygen atoms in total. The average molecular weight is 474 g/mol. The van der Waals surface area contributed by atoms with Crippen molar-refractivity contribution in [1.29, 1.82) is 0 Å². The van der Waals surface area contributed by atoms with Gasteiger partial charge in [0.2, 0.25) is 0 Å². The molecule has 0 aliphatic heterocycles. The lowest BCUT2D eigenvalue weighted by Gasteiger charge is -2.11. The van der Waals surface area contributed by atoms with E-state index in [1.807, 2.05) is 0 Å². The highest BCUT2D eigenvalue weighted by Crippen LogP contribution is 2.26. The molecule has 1 amide bonds. The van der Waals surface area contributed by atoms with Gasteiger partial charge in [-0.2, -0.15) is 0 Å². The minimum Gasteiger partial charge on any atom is -0.319 e. The third-order valence-corrected chi connectivity index (χ3v) is 5.88. The lowest BCUT2D eigenvalue weighted by Crippen LogP contribution is -2.15. The van der Waals surface area contributed by atoms with Gasteiger partial charge in [-0.15, -0.1) is 0 Å². The highest BCUT2D eigenvalue weighted by molar-refractivity contribution is 7.92. The van der Waals surface area contributed by atoms with Gasteiger partial charge in [-0.1, -0.05) is 46.9 Å². The molecule has 3 rings (SSSR count). The molecule has 29 heavy (non-hydrogen) atoms. The minimum absolute atomic E-state index is 0.124. The summed E-state index contributed by atoms with van der Waals surface area (Å²) >= 11 is 17.7. The molecule has 0 saturated heterocycles. The van der Waals surface area contributed by atoms with Crippen molar-refractivity contribution < 1.29 is 17.6 Å². The predicted molar refractivity (Wildman–Crippen MR) is 113 cm³/mol. The Morgan fingerprint density at radius 3 is 2.17 bits per heavy atom. The van der Waals surface area contributed by atoms with Crippen LogP contribution in [0.3, 0.4) is 0 Å². The topological polar surface area (TPSA) is 75.3 Å². The van der Waals surface area contributed by atoms with Crippen molar-refractivity contribution in [1.82, 2.24) is 0 Å². The van der Waals surface area contributed by atoms with Crippen LogP contribution < -0.4 is 10.0 Å². The van der Waals surface area contributed by atoms with Crippen LogP contribution in [0.1, 0.15) is 10.4 Å². The number of carbonyl (C=O) groups excluding carboxylic acids is 1. The number of sulfonamides is 1. The normalized spacial score (nSPS) is 11.2. The van der Waals surface area contributed by atoms with Crippen molar-refractivity contribution in [2.24, 2.45) is 0 Å². The van der Waals surface area contributed by atoms with E-state index in [4.69, 9.17) is 34.8 Å². The van der Waals surface area contributed by atoms with Crippen molar-refractivity contribution in [3.05, 3.63) is 87.1 Å². The van der Waals surface area contributed by atoms with Crippen LogP contribution in [-0.4, -0.2) is 14.3 Å². The largest absolute Gasteiger partial charge is 0.319 e. The first-order valence-electron chi connectivity index (χ1n) is 8.00. The van der Waals surface area contributed by atoms with Gasteiger partial charge < -0.3 is 5.32 Å². The number of anilines is 2. The number of halogens is 4. The number of hydrogen-bond acceptors (Lipinski definition) is 3. The zero-order chi connectivity index (χ0) is 21.2. The van der Waals surface area contributed by atoms with Crippen LogP contribution in [-0.2, 0) is 10.0 Å². The van der Waals surface area contributed by atoms with E-state index in [-0.39, 0.29) is 36.9 Å². The Morgan fingerprint density at radius 1 is 0.897 bits per heavy atom. The Morgan fingerprint density at radius 2 is 1.55 bits per heavy atom. The van der Waals surface area contributed by atoms with Crippen LogP contribution in [0.2, 0.25) is 15.1 Å². The van der Waals surface area contributed by atoms with E-state index >= 15 is 0 Å². The van der Waals surface area contributed by atoms with Crippen LogP contribution in [0.25, 0.3) is 0 Å². The summed E-state index contributed by atoms with van der Waals surface area (Å²) in [7, 11) is -4.11. The summed E-state index contributed by atoms with van der Waals surface area (Å²) in [5, 5.41) is 3.04. The Labute approximate surface area is 181 Å². The third kappa shape index (κ3) is 5.19. The highest BCUT2D eigenvalue weighted by Gasteiger charge is 2.19. The second-order valence-electron chi connectivity index (χ2n) is 5.84. The molecule has 150 valence electrons. The fourth-order valence-corrected chi connectivity index (χ4v) is 4.23. The Balaban J connectivity index is 1.83. The van der Waals surface area contributed by atoms with Crippen molar-refractivity contribution >= 4 is 62.1 Å². The molecule has 0 bridgehead atoms. The molecule has 0 aliphatic rings. The SMILES string of the molecule is O=C(Nc1ccc(S(=O)(=O)Nc2cc(Cl)cc(Cl)c2)cc1F)c1ccccc1Cl. The van der Waals surface area contributed by atoms with Crippen LogP contribution in [0.5, 0.6) is 0 Å². The summed E-state index contributed by atoms with van der Waals surface area (Å²) in [5.74, 6) is -1.56. The molecule has 0 aromatic heterocycles. The summed E-state index contributed by atoms with van der Waals surface area (Å²) in [6.45, 7) is 0. The van der Waals surface area contributed by atoms with Gasteiger partial charge >= 0.3 is 0 Å². The van der Waals surface area contributed by atoms with Gasteiger partial charge in [0.15, 0.2) is 0 Å². The molecule has 0 atom stereocenters. The number of nitrogens with one attached hydrogen (secondary N) is 2. The molecular formula is C19H12Cl3FN2O3S. The molecule has 2 N–H and O–H groups in total. The molecular weight excluding hydrogens is 462 g/mol. The van der Waals surface area contributed by atoms with Crippen LogP contribution in [0.15, 0.2) is 65.6 Å². The molecule has 10 heteroatoms. The molecule has 3 aromatic rings. The van der Waals surface area contributed by atoms with Gasteiger partial charge in [0, 0.05) is 10.0 Å². The second kappa shape index (κ2) is 8.59. The number of amides is 1. The first-order chi connectivity index (χ1) is 13.7. The van der Waals surface area contributed by atoms with Gasteiger partial charge in [-0.05, 0) is 48.5 Å². The molecule has 3 aromatic carbocycles. The zero-order valence-electron chi connectivity index (χ0n) is 14.4. The van der Waals surface area contributed by atoms with Gasteiger partial charge in [0.25, 0.3) is 15.9 Å². The van der Waals surface area contributed by atoms with Gasteiger partial charge in [-0.3, -0.25) is 9.52 Å². The van der Waals surface area contributed by atoms with E-state index in [1.165, 1.54) is 30.3 Å². The Kier molecular flexibility index (Phi) is 6.33. The van der Waals surface area contributed by atoms with E-state index < -0.39 is 21.7 Å². The number of hydrogen-bond donors (Lipinski definition) is 2. The van der Waals surface area contributed by atoms with E-state index in [0.717, 1.165) is 18.2 Å². The van der Waals surface area contributed by atoms with Crippen molar-refractivity contribution in [3.8, 4) is 0 Å². The summed E-state index contributed by atoms with van der Waals surface area (Å²) in [6.07, 6.45) is 0. The highest BCUT2D eigenvalue weighted by atomic mass is 35.5. The van der Waals surface area contributed by atoms with E-state index in [9.17, 15) is 17.6 Å². The summed E-state index contributed by atoms with van der Waals surface area (Å²) in [4.78, 5) is 11.9. The number of carbonyl (C=O) groups is 1. The lowest BCUT2D eigenvalue weighted by atomic mass is 10.2. The Hall–Kier alpha value is -2.32. The maximum Gasteiger partial charge on any atom is 0.261 e. The van der Waals surface area contributed by atoms with Gasteiger partial charge in [0.05, 0.1) is 26.9 Å². The average Bonchev–Trinajstić information content (AvgIpc) is 2.62. The van der Waals surface area contributed by atoms with Crippen LogP contribution in [0.4, 0.5) is 15.8 Å². The minimum atomic E-state index is -4.11. The molecule has 0 fully saturated rings. The monoisotopic (exact) mass is 472 g/mol. The molecule has 0 saturated carbocycles. The second-order valence-corrected chi connectivity index (χ2v) is 8.80. The fourth-order valence-electron chi connectivity index (χ4n) is 2.43. The van der Waals surface area contributed by atoms with Crippen molar-refractivity contribution in [3.63, 3.8) is 0 Å². The summed E-state index contributed by atoms with van der Waals surface area (Å²) in [6, 6.07) is 13.5. The van der Waals surface area contributed by atoms with Crippen molar-refractivity contribution in [2.45, 2.75) is 4.90 Å². The zero-order valence-corrected chi connectivity index (χ0v) is 17.5. The number of rotatable bonds is 5. The predicted octanol–water partition coefficient (Wildman–Crippen LogP) is 5.84. The van der Waals surface area contributed by atoms with E-state index in [1.54, 1.807) is 12.1 Å². The summed E-state index contributed by atoms with van der Waals surface area (Å²) < 4.78 is 41.7. The quantitative estimate of drug-likeness (QED) is 0.489. The summed E-state index contributed by atoms with van der Waals surface area (Å²) in [5.41, 5.74) is 0.0865. The van der Waals surface area contributed by atoms with E-state index in [0.29, 0.717) is 0 Å². The van der Waals surface area contributed by atoms with Gasteiger partial charge in [-0.25, -0.2) is 12.8 Å². The molecule has 0 radical (unpaired) electrons. The standard InChI is InChI=1S/C19H12Cl3FN2O3S/c20-11-7-12(21)9-13(8-11)25-29(27,28)14-5-6-18(17(23)10-14)24-19(26)15-3-1-2-4-16(15)22/h1-10,25H,(H,24,26).